The summed E-state index contributed by atoms with van der Waals surface area (Å²) in [6, 6.07) is 21.3. The number of aromatic nitrogens is 1. The second kappa shape index (κ2) is 10.8. The third kappa shape index (κ3) is 4.70. The Kier molecular flexibility index (Phi) is 7.31. The van der Waals surface area contributed by atoms with Crippen LogP contribution < -0.4 is 19.6 Å². The first-order chi connectivity index (χ1) is 18.4. The van der Waals surface area contributed by atoms with E-state index in [2.05, 4.69) is 15.9 Å². The summed E-state index contributed by atoms with van der Waals surface area (Å²) in [6.07, 6.45) is 1.60. The number of phenolic OH excluding ortho intramolecular Hbond substituents is 1. The monoisotopic (exact) mass is 590 g/mol. The molecule has 1 aliphatic heterocycles. The molecule has 0 fully saturated rings. The summed E-state index contributed by atoms with van der Waals surface area (Å²) in [5.41, 5.74) is 2.30. The van der Waals surface area contributed by atoms with Gasteiger partial charge < -0.3 is 14.6 Å². The predicted molar refractivity (Wildman–Crippen MR) is 150 cm³/mol. The van der Waals surface area contributed by atoms with Crippen LogP contribution in [0.3, 0.4) is 0 Å². The highest BCUT2D eigenvalue weighted by molar-refractivity contribution is 9.10. The van der Waals surface area contributed by atoms with Crippen LogP contribution in [0.4, 0.5) is 0 Å². The van der Waals surface area contributed by atoms with E-state index in [0.29, 0.717) is 25.1 Å². The molecule has 0 unspecified atom stereocenters. The Balaban J connectivity index is 1.83. The number of aromatic hydroxyl groups is 1. The molecule has 7 nitrogen and oxygen atoms in total. The first kappa shape index (κ1) is 25.7. The number of methoxy groups -OCH3 is 1. The maximum Gasteiger partial charge on any atom is 0.338 e. The Labute approximate surface area is 230 Å². The van der Waals surface area contributed by atoms with E-state index in [1.54, 1.807) is 25.1 Å². The highest BCUT2D eigenvalue weighted by Crippen LogP contribution is 2.36. The van der Waals surface area contributed by atoms with Crippen molar-refractivity contribution >= 4 is 45.0 Å². The van der Waals surface area contributed by atoms with E-state index in [-0.39, 0.29) is 29.2 Å². The van der Waals surface area contributed by atoms with E-state index < -0.39 is 12.0 Å². The number of benzene rings is 3. The fourth-order valence-electron chi connectivity index (χ4n) is 4.39. The summed E-state index contributed by atoms with van der Waals surface area (Å²) >= 11 is 4.61. The standard InChI is InChI=1S/C29H23BrN2O5S/c1-3-37-28(35)23-24(17-10-6-4-7-11-17)31-29-32(25(23)18-12-8-5-9-13-18)27(34)22(38-29)15-19-14-20(30)16-21(36-2)26(19)33/h4-16,25,33H,3H2,1-2H3/b22-15-/t25-/m1/s1. The van der Waals surface area contributed by atoms with Gasteiger partial charge in [-0.3, -0.25) is 9.36 Å². The number of nitrogens with zero attached hydrogens (tertiary/aromatic N) is 2. The zero-order chi connectivity index (χ0) is 26.8. The zero-order valence-corrected chi connectivity index (χ0v) is 23.0. The van der Waals surface area contributed by atoms with Gasteiger partial charge in [0.15, 0.2) is 16.3 Å². The number of hydrogen-bond acceptors (Lipinski definition) is 7. The molecule has 5 rings (SSSR count). The average Bonchev–Trinajstić information content (AvgIpc) is 3.25. The molecule has 1 atom stereocenters. The Morgan fingerprint density at radius 3 is 2.47 bits per heavy atom. The maximum absolute atomic E-state index is 13.9. The molecular formula is C29H23BrN2O5S. The third-order valence-corrected chi connectivity index (χ3v) is 7.51. The van der Waals surface area contributed by atoms with Crippen LogP contribution in [-0.2, 0) is 9.53 Å². The Morgan fingerprint density at radius 2 is 1.82 bits per heavy atom. The van der Waals surface area contributed by atoms with E-state index in [4.69, 9.17) is 14.5 Å². The van der Waals surface area contributed by atoms with Crippen LogP contribution in [0.1, 0.15) is 29.7 Å². The number of esters is 1. The van der Waals surface area contributed by atoms with E-state index >= 15 is 0 Å². The molecule has 0 bridgehead atoms. The maximum atomic E-state index is 13.9. The van der Waals surface area contributed by atoms with Gasteiger partial charge >= 0.3 is 5.97 Å². The van der Waals surface area contributed by atoms with Crippen LogP contribution in [0.2, 0.25) is 0 Å². The van der Waals surface area contributed by atoms with E-state index in [1.807, 2.05) is 60.7 Å². The number of halogens is 1. The second-order valence-corrected chi connectivity index (χ2v) is 10.3. The minimum atomic E-state index is -0.755. The van der Waals surface area contributed by atoms with E-state index in [9.17, 15) is 14.7 Å². The van der Waals surface area contributed by atoms with Crippen LogP contribution in [0.5, 0.6) is 11.5 Å². The molecule has 1 aromatic heterocycles. The van der Waals surface area contributed by atoms with Gasteiger partial charge in [-0.25, -0.2) is 9.79 Å². The van der Waals surface area contributed by atoms with Crippen molar-refractivity contribution in [3.05, 3.63) is 119 Å². The molecule has 2 heterocycles. The predicted octanol–water partition coefficient (Wildman–Crippen LogP) is 4.41. The minimum absolute atomic E-state index is 0.0849. The number of thiazole rings is 1. The highest BCUT2D eigenvalue weighted by atomic mass is 79.9. The van der Waals surface area contributed by atoms with Crippen LogP contribution in [0.15, 0.2) is 92.6 Å². The largest absolute Gasteiger partial charge is 0.504 e. The molecule has 192 valence electrons. The van der Waals surface area contributed by atoms with Gasteiger partial charge in [-0.15, -0.1) is 0 Å². The van der Waals surface area contributed by atoms with Gasteiger partial charge in [0.05, 0.1) is 35.6 Å². The number of fused-ring (bicyclic) bond motifs is 1. The summed E-state index contributed by atoms with van der Waals surface area (Å²) in [7, 11) is 1.46. The van der Waals surface area contributed by atoms with E-state index in [0.717, 1.165) is 11.1 Å². The van der Waals surface area contributed by atoms with Crippen molar-refractivity contribution in [1.82, 2.24) is 4.57 Å². The van der Waals surface area contributed by atoms with Gasteiger partial charge in [0.1, 0.15) is 0 Å². The third-order valence-electron chi connectivity index (χ3n) is 6.06. The molecular weight excluding hydrogens is 568 g/mol. The number of carbonyl (C=O) groups is 1. The molecule has 1 aliphatic rings. The molecule has 3 aromatic carbocycles. The SMILES string of the molecule is CCOC(=O)C1=C(c2ccccc2)N=c2s/c(=C\c3cc(Br)cc(OC)c3O)c(=O)n2[C@@H]1c1ccccc1. The summed E-state index contributed by atoms with van der Waals surface area (Å²) in [6.45, 7) is 1.92. The smallest absolute Gasteiger partial charge is 0.338 e. The average molecular weight is 591 g/mol. The lowest BCUT2D eigenvalue weighted by molar-refractivity contribution is -0.138. The summed E-state index contributed by atoms with van der Waals surface area (Å²) in [5.74, 6) is -0.345. The van der Waals surface area contributed by atoms with Crippen molar-refractivity contribution in [3.8, 4) is 11.5 Å². The topological polar surface area (TPSA) is 90.1 Å². The number of phenols is 1. The van der Waals surface area contributed by atoms with Crippen LogP contribution in [-0.4, -0.2) is 29.4 Å². The van der Waals surface area contributed by atoms with E-state index in [1.165, 1.54) is 23.0 Å². The normalized spacial score (nSPS) is 15.1. The minimum Gasteiger partial charge on any atom is -0.504 e. The first-order valence-corrected chi connectivity index (χ1v) is 13.4. The van der Waals surface area contributed by atoms with Gasteiger partial charge in [0.2, 0.25) is 0 Å². The Hall–Kier alpha value is -3.95. The quantitative estimate of drug-likeness (QED) is 0.336. The Morgan fingerprint density at radius 1 is 1.13 bits per heavy atom. The van der Waals surface area contributed by atoms with Gasteiger partial charge in [0.25, 0.3) is 5.56 Å². The molecule has 0 radical (unpaired) electrons. The van der Waals surface area contributed by atoms with Crippen molar-refractivity contribution in [2.75, 3.05) is 13.7 Å². The molecule has 0 saturated heterocycles. The molecule has 9 heteroatoms. The zero-order valence-electron chi connectivity index (χ0n) is 20.6. The number of hydrogen-bond donors (Lipinski definition) is 1. The molecule has 38 heavy (non-hydrogen) atoms. The molecule has 0 saturated carbocycles. The molecule has 1 N–H and O–H groups in total. The molecule has 0 spiro atoms. The lowest BCUT2D eigenvalue weighted by Crippen LogP contribution is -2.40. The lowest BCUT2D eigenvalue weighted by atomic mass is 9.93. The van der Waals surface area contributed by atoms with Crippen LogP contribution >= 0.6 is 27.3 Å². The fraction of sp³-hybridized carbons (Fsp3) is 0.138. The van der Waals surface area contributed by atoms with Crippen LogP contribution in [0, 0.1) is 0 Å². The summed E-state index contributed by atoms with van der Waals surface area (Å²) in [5, 5.41) is 10.7. The van der Waals surface area contributed by atoms with Crippen LogP contribution in [0.25, 0.3) is 11.8 Å². The van der Waals surface area contributed by atoms with Crippen molar-refractivity contribution in [3.63, 3.8) is 0 Å². The van der Waals surface area contributed by atoms with Gasteiger partial charge in [-0.05, 0) is 30.7 Å². The summed E-state index contributed by atoms with van der Waals surface area (Å²) < 4.78 is 13.3. The second-order valence-electron chi connectivity index (χ2n) is 8.39. The molecule has 0 amide bonds. The van der Waals surface area contributed by atoms with Crippen molar-refractivity contribution in [1.29, 1.82) is 0 Å². The lowest BCUT2D eigenvalue weighted by Gasteiger charge is -2.25. The number of ether oxygens (including phenoxy) is 2. The van der Waals surface area contributed by atoms with Crippen molar-refractivity contribution in [2.24, 2.45) is 4.99 Å². The first-order valence-electron chi connectivity index (χ1n) is 11.8. The van der Waals surface area contributed by atoms with Gasteiger partial charge in [-0.1, -0.05) is 87.9 Å². The van der Waals surface area contributed by atoms with Crippen molar-refractivity contribution < 1.29 is 19.4 Å². The Bertz CT molecular complexity index is 1730. The molecule has 4 aromatic rings. The van der Waals surface area contributed by atoms with Gasteiger partial charge in [0, 0.05) is 15.6 Å². The van der Waals surface area contributed by atoms with Gasteiger partial charge in [-0.2, -0.15) is 0 Å². The number of rotatable bonds is 6. The summed E-state index contributed by atoms with van der Waals surface area (Å²) in [4.78, 5) is 32.6. The number of carbonyl (C=O) groups excluding carboxylic acids is 1. The fourth-order valence-corrected chi connectivity index (χ4v) is 5.84. The highest BCUT2D eigenvalue weighted by Gasteiger charge is 2.35. The van der Waals surface area contributed by atoms with Crippen molar-refractivity contribution in [2.45, 2.75) is 13.0 Å². The molecule has 0 aliphatic carbocycles.